The molecule has 0 amide bonds. The molecule has 1 aliphatic carbocycles. The summed E-state index contributed by atoms with van der Waals surface area (Å²) in [4.78, 5) is 31.6. The van der Waals surface area contributed by atoms with E-state index in [9.17, 15) is 14.6 Å². The van der Waals surface area contributed by atoms with E-state index in [0.717, 1.165) is 0 Å². The summed E-state index contributed by atoms with van der Waals surface area (Å²) in [5, 5.41) is 5.67. The van der Waals surface area contributed by atoms with Crippen molar-refractivity contribution in [3.8, 4) is 0 Å². The van der Waals surface area contributed by atoms with Gasteiger partial charge in [-0.2, -0.15) is 9.81 Å². The molecular formula is C8H12N2O3. The lowest BCUT2D eigenvalue weighted by Gasteiger charge is -2.26. The quantitative estimate of drug-likeness (QED) is 0.625. The summed E-state index contributed by atoms with van der Waals surface area (Å²) in [5.41, 5.74) is 0. The molecule has 3 unspecified atom stereocenters. The second-order valence-corrected chi connectivity index (χ2v) is 3.47. The highest BCUT2D eigenvalue weighted by Gasteiger charge is 2.34. The van der Waals surface area contributed by atoms with Crippen LogP contribution in [-0.4, -0.2) is 17.9 Å². The molecule has 0 aromatic rings. The molecule has 72 valence electrons. The zero-order valence-corrected chi connectivity index (χ0v) is 7.47. The first kappa shape index (κ1) is 9.95. The summed E-state index contributed by atoms with van der Waals surface area (Å²) in [7, 11) is 0. The summed E-state index contributed by atoms with van der Waals surface area (Å²) in [5.74, 6) is -0.0429. The first-order valence-electron chi connectivity index (χ1n) is 4.34. The van der Waals surface area contributed by atoms with Gasteiger partial charge in [-0.3, -0.25) is 4.79 Å². The molecule has 5 heteroatoms. The van der Waals surface area contributed by atoms with Crippen molar-refractivity contribution in [2.75, 3.05) is 0 Å². The molecule has 0 aromatic carbocycles. The van der Waals surface area contributed by atoms with Gasteiger partial charge in [0, 0.05) is 5.92 Å². The highest BCUT2D eigenvalue weighted by molar-refractivity contribution is 5.78. The zero-order chi connectivity index (χ0) is 9.84. The first-order valence-corrected chi connectivity index (χ1v) is 4.34. The van der Waals surface area contributed by atoms with E-state index in [1.165, 1.54) is 6.92 Å². The predicted octanol–water partition coefficient (Wildman–Crippen LogP) is 1.65. The van der Waals surface area contributed by atoms with E-state index in [1.54, 1.807) is 0 Å². The van der Waals surface area contributed by atoms with Gasteiger partial charge in [0.25, 0.3) is 0 Å². The number of hydrogen-bond donors (Lipinski definition) is 0. The van der Waals surface area contributed by atoms with E-state index in [4.69, 9.17) is 0 Å². The third kappa shape index (κ3) is 2.17. The topological polar surface area (TPSA) is 75.9 Å². The molecule has 1 fully saturated rings. The monoisotopic (exact) mass is 184 g/mol. The van der Waals surface area contributed by atoms with Crippen LogP contribution < -0.4 is 0 Å². The lowest BCUT2D eigenvalue weighted by atomic mass is 9.81. The fourth-order valence-electron chi connectivity index (χ4n) is 1.74. The Bertz CT molecular complexity index is 229. The van der Waals surface area contributed by atoms with Crippen LogP contribution in [0.25, 0.3) is 0 Å². The number of ketones is 1. The Labute approximate surface area is 75.8 Å². The van der Waals surface area contributed by atoms with E-state index in [0.29, 0.717) is 19.3 Å². The van der Waals surface area contributed by atoms with Crippen LogP contribution in [0.3, 0.4) is 0 Å². The van der Waals surface area contributed by atoms with Crippen LogP contribution in [-0.2, 0) is 4.79 Å². The van der Waals surface area contributed by atoms with E-state index in [-0.39, 0.29) is 11.7 Å². The third-order valence-corrected chi connectivity index (χ3v) is 2.63. The molecular weight excluding hydrogens is 172 g/mol. The van der Waals surface area contributed by atoms with Crippen LogP contribution in [0.15, 0.2) is 10.4 Å². The second-order valence-electron chi connectivity index (χ2n) is 3.47. The number of carbonyl (C=O) groups is 1. The molecule has 0 saturated heterocycles. The van der Waals surface area contributed by atoms with Crippen LogP contribution in [0.2, 0.25) is 0 Å². The molecule has 5 nitrogen and oxygen atoms in total. The van der Waals surface area contributed by atoms with Gasteiger partial charge in [-0.1, -0.05) is 10.4 Å². The van der Waals surface area contributed by atoms with Crippen molar-refractivity contribution >= 4 is 5.78 Å². The molecule has 0 radical (unpaired) electrons. The highest BCUT2D eigenvalue weighted by Crippen LogP contribution is 2.29. The molecule has 1 rings (SSSR count). The van der Waals surface area contributed by atoms with Crippen molar-refractivity contribution in [2.24, 2.45) is 16.3 Å². The Morgan fingerprint density at radius 2 is 1.77 bits per heavy atom. The maximum absolute atomic E-state index is 11.0. The largest absolute Gasteiger partial charge is 0.300 e. The van der Waals surface area contributed by atoms with Gasteiger partial charge in [0.1, 0.15) is 17.9 Å². The minimum Gasteiger partial charge on any atom is -0.300 e. The molecule has 1 aliphatic rings. The smallest absolute Gasteiger partial charge is 0.132 e. The second kappa shape index (κ2) is 4.20. The average Bonchev–Trinajstić information content (AvgIpc) is 2.16. The molecule has 0 aromatic heterocycles. The minimum atomic E-state index is -0.597. The van der Waals surface area contributed by atoms with Crippen molar-refractivity contribution in [3.05, 3.63) is 9.81 Å². The number of rotatable bonds is 3. The average molecular weight is 184 g/mol. The molecule has 1 saturated carbocycles. The maximum atomic E-state index is 11.0. The SMILES string of the molecule is CC(=O)C1CCC(N=O)C(N=O)C1. The number of nitroso groups, excluding NO2 is 2. The summed E-state index contributed by atoms with van der Waals surface area (Å²) in [6, 6.07) is -1.12. The Morgan fingerprint density at radius 3 is 2.23 bits per heavy atom. The number of hydrogen-bond acceptors (Lipinski definition) is 5. The summed E-state index contributed by atoms with van der Waals surface area (Å²) < 4.78 is 0. The van der Waals surface area contributed by atoms with Crippen LogP contribution >= 0.6 is 0 Å². The highest BCUT2D eigenvalue weighted by atomic mass is 16.3. The van der Waals surface area contributed by atoms with Gasteiger partial charge in [0.2, 0.25) is 0 Å². The molecule has 0 N–H and O–H groups in total. The number of nitrogens with zero attached hydrogens (tertiary/aromatic N) is 2. The fourth-order valence-corrected chi connectivity index (χ4v) is 1.74. The van der Waals surface area contributed by atoms with Crippen molar-refractivity contribution in [1.29, 1.82) is 0 Å². The van der Waals surface area contributed by atoms with E-state index in [2.05, 4.69) is 10.4 Å². The first-order chi connectivity index (χ1) is 6.19. The molecule has 0 spiro atoms. The van der Waals surface area contributed by atoms with Crippen molar-refractivity contribution in [1.82, 2.24) is 0 Å². The van der Waals surface area contributed by atoms with Gasteiger partial charge in [-0.25, -0.2) is 0 Å². The van der Waals surface area contributed by atoms with E-state index < -0.39 is 12.1 Å². The lowest BCUT2D eigenvalue weighted by Crippen LogP contribution is -2.33. The third-order valence-electron chi connectivity index (χ3n) is 2.63. The van der Waals surface area contributed by atoms with Crippen LogP contribution in [0.4, 0.5) is 0 Å². The van der Waals surface area contributed by atoms with Crippen LogP contribution in [0.5, 0.6) is 0 Å². The van der Waals surface area contributed by atoms with Gasteiger partial charge in [0.15, 0.2) is 0 Å². The lowest BCUT2D eigenvalue weighted by molar-refractivity contribution is -0.121. The number of carbonyl (C=O) groups excluding carboxylic acids is 1. The van der Waals surface area contributed by atoms with Gasteiger partial charge in [0.05, 0.1) is 0 Å². The molecule has 0 heterocycles. The Hall–Kier alpha value is -1.13. The Balaban J connectivity index is 2.62. The van der Waals surface area contributed by atoms with Gasteiger partial charge in [-0.15, -0.1) is 0 Å². The normalized spacial score (nSPS) is 33.8. The fraction of sp³-hybridized carbons (Fsp3) is 0.875. The van der Waals surface area contributed by atoms with Crippen LogP contribution in [0, 0.1) is 15.7 Å². The van der Waals surface area contributed by atoms with E-state index >= 15 is 0 Å². The molecule has 13 heavy (non-hydrogen) atoms. The summed E-state index contributed by atoms with van der Waals surface area (Å²) >= 11 is 0. The van der Waals surface area contributed by atoms with Gasteiger partial charge >= 0.3 is 0 Å². The summed E-state index contributed by atoms with van der Waals surface area (Å²) in [6.07, 6.45) is 1.54. The Kier molecular flexibility index (Phi) is 3.22. The maximum Gasteiger partial charge on any atom is 0.132 e. The van der Waals surface area contributed by atoms with Crippen LogP contribution in [0.1, 0.15) is 26.2 Å². The molecule has 3 atom stereocenters. The van der Waals surface area contributed by atoms with Gasteiger partial charge in [-0.05, 0) is 26.2 Å². The molecule has 0 aliphatic heterocycles. The standard InChI is InChI=1S/C8H12N2O3/c1-5(11)6-2-3-7(9-12)8(4-6)10-13/h6-8H,2-4H2,1H3. The molecule has 0 bridgehead atoms. The summed E-state index contributed by atoms with van der Waals surface area (Å²) in [6.45, 7) is 1.50. The van der Waals surface area contributed by atoms with E-state index in [1.807, 2.05) is 0 Å². The predicted molar refractivity (Wildman–Crippen MR) is 47.2 cm³/mol. The Morgan fingerprint density at radius 1 is 1.15 bits per heavy atom. The van der Waals surface area contributed by atoms with Crippen molar-refractivity contribution in [2.45, 2.75) is 38.3 Å². The zero-order valence-electron chi connectivity index (χ0n) is 7.47. The van der Waals surface area contributed by atoms with Crippen molar-refractivity contribution < 1.29 is 4.79 Å². The van der Waals surface area contributed by atoms with Crippen molar-refractivity contribution in [3.63, 3.8) is 0 Å². The van der Waals surface area contributed by atoms with Gasteiger partial charge < -0.3 is 0 Å². The minimum absolute atomic E-state index is 0.0676. The number of Topliss-reactive ketones (excluding diaryl/α,β-unsaturated/α-hetero) is 1.